The first-order valence-electron chi connectivity index (χ1n) is 8.58. The fraction of sp³-hybridized carbons (Fsp3) is 0.500. The van der Waals surface area contributed by atoms with Gasteiger partial charge in [0.25, 0.3) is 0 Å². The van der Waals surface area contributed by atoms with Crippen LogP contribution >= 0.6 is 0 Å². The molecule has 2 aromatic rings. The van der Waals surface area contributed by atoms with Crippen LogP contribution in [0.2, 0.25) is 0 Å². The molecule has 1 aromatic carbocycles. The Morgan fingerprint density at radius 3 is 2.76 bits per heavy atom. The van der Waals surface area contributed by atoms with E-state index in [9.17, 15) is 4.79 Å². The van der Waals surface area contributed by atoms with Crippen molar-refractivity contribution in [3.8, 4) is 5.75 Å². The molecule has 3 rings (SSSR count). The van der Waals surface area contributed by atoms with E-state index >= 15 is 0 Å². The lowest BCUT2D eigenvalue weighted by Crippen LogP contribution is -2.55. The van der Waals surface area contributed by atoms with Crippen LogP contribution in [0.3, 0.4) is 0 Å². The van der Waals surface area contributed by atoms with E-state index in [1.54, 1.807) is 6.92 Å². The number of piperazine rings is 1. The van der Waals surface area contributed by atoms with E-state index in [1.807, 2.05) is 38.1 Å². The second-order valence-corrected chi connectivity index (χ2v) is 6.53. The molecule has 134 valence electrons. The quantitative estimate of drug-likeness (QED) is 0.859. The van der Waals surface area contributed by atoms with Gasteiger partial charge in [-0.2, -0.15) is 4.98 Å². The van der Waals surface area contributed by atoms with Crippen molar-refractivity contribution in [1.29, 1.82) is 0 Å². The first-order valence-corrected chi connectivity index (χ1v) is 8.58. The lowest BCUT2D eigenvalue weighted by atomic mass is 10.1. The Kier molecular flexibility index (Phi) is 5.33. The average Bonchev–Trinajstić information content (AvgIpc) is 2.97. The summed E-state index contributed by atoms with van der Waals surface area (Å²) in [4.78, 5) is 18.7. The minimum absolute atomic E-state index is 0.00173. The number of rotatable bonds is 6. The number of benzene rings is 1. The Morgan fingerprint density at radius 2 is 2.12 bits per heavy atom. The molecular formula is C18H24N4O3. The summed E-state index contributed by atoms with van der Waals surface area (Å²) in [7, 11) is 0. The zero-order chi connectivity index (χ0) is 17.8. The van der Waals surface area contributed by atoms with E-state index in [4.69, 9.17) is 9.26 Å². The van der Waals surface area contributed by atoms with E-state index in [0.29, 0.717) is 31.2 Å². The number of aryl methyl sites for hydroxylation is 1. The third-order valence-corrected chi connectivity index (χ3v) is 4.06. The smallest absolute Gasteiger partial charge is 0.237 e. The topological polar surface area (TPSA) is 80.5 Å². The summed E-state index contributed by atoms with van der Waals surface area (Å²) in [6.45, 7) is 7.90. The molecule has 7 nitrogen and oxygen atoms in total. The standard InChI is InChI=1S/C18H24N4O3/c1-12(2)24-15-6-4-14(5-7-15)11-22-9-8-19-18(23)16(22)10-17-20-13(3)21-25-17/h4-7,12,16H,8-11H2,1-3H3,(H,19,23). The fourth-order valence-electron chi connectivity index (χ4n) is 2.94. The zero-order valence-electron chi connectivity index (χ0n) is 14.9. The highest BCUT2D eigenvalue weighted by molar-refractivity contribution is 5.82. The number of carbonyl (C=O) groups excluding carboxylic acids is 1. The van der Waals surface area contributed by atoms with Crippen molar-refractivity contribution in [3.63, 3.8) is 0 Å². The Labute approximate surface area is 147 Å². The van der Waals surface area contributed by atoms with E-state index in [1.165, 1.54) is 0 Å². The Bertz CT molecular complexity index is 711. The molecule has 1 N–H and O–H groups in total. The summed E-state index contributed by atoms with van der Waals surface area (Å²) >= 11 is 0. The Morgan fingerprint density at radius 1 is 1.36 bits per heavy atom. The molecule has 7 heteroatoms. The van der Waals surface area contributed by atoms with Crippen LogP contribution in [0.25, 0.3) is 0 Å². The third-order valence-electron chi connectivity index (χ3n) is 4.06. The summed E-state index contributed by atoms with van der Waals surface area (Å²) in [6, 6.07) is 7.71. The van der Waals surface area contributed by atoms with Crippen molar-refractivity contribution in [1.82, 2.24) is 20.4 Å². The summed E-state index contributed by atoms with van der Waals surface area (Å²) in [6.07, 6.45) is 0.570. The van der Waals surface area contributed by atoms with E-state index in [2.05, 4.69) is 20.4 Å². The average molecular weight is 344 g/mol. The van der Waals surface area contributed by atoms with Crippen molar-refractivity contribution >= 4 is 5.91 Å². The lowest BCUT2D eigenvalue weighted by Gasteiger charge is -2.34. The highest BCUT2D eigenvalue weighted by atomic mass is 16.5. The van der Waals surface area contributed by atoms with Gasteiger partial charge in [0.2, 0.25) is 11.8 Å². The summed E-state index contributed by atoms with van der Waals surface area (Å²) in [5.41, 5.74) is 1.14. The minimum Gasteiger partial charge on any atom is -0.491 e. The second kappa shape index (κ2) is 7.65. The van der Waals surface area contributed by atoms with Gasteiger partial charge in [0.1, 0.15) is 5.75 Å². The monoisotopic (exact) mass is 344 g/mol. The van der Waals surface area contributed by atoms with Crippen molar-refractivity contribution in [2.24, 2.45) is 0 Å². The predicted molar refractivity (Wildman–Crippen MR) is 92.2 cm³/mol. The van der Waals surface area contributed by atoms with Gasteiger partial charge in [-0.1, -0.05) is 17.3 Å². The molecule has 1 aliphatic heterocycles. The first kappa shape index (κ1) is 17.4. The third kappa shape index (κ3) is 4.57. The molecule has 0 saturated carbocycles. The largest absolute Gasteiger partial charge is 0.491 e. The van der Waals surface area contributed by atoms with Crippen LogP contribution < -0.4 is 10.1 Å². The van der Waals surface area contributed by atoms with Gasteiger partial charge in [0.15, 0.2) is 5.82 Å². The molecule has 1 amide bonds. The maximum Gasteiger partial charge on any atom is 0.237 e. The van der Waals surface area contributed by atoms with Crippen LogP contribution in [0.1, 0.15) is 31.1 Å². The van der Waals surface area contributed by atoms with Crippen LogP contribution in [0, 0.1) is 6.92 Å². The summed E-state index contributed by atoms with van der Waals surface area (Å²) in [5.74, 6) is 1.93. The number of ether oxygens (including phenoxy) is 1. The van der Waals surface area contributed by atoms with Gasteiger partial charge in [-0.25, -0.2) is 0 Å². The van der Waals surface area contributed by atoms with Crippen molar-refractivity contribution in [3.05, 3.63) is 41.5 Å². The first-order chi connectivity index (χ1) is 12.0. The highest BCUT2D eigenvalue weighted by Crippen LogP contribution is 2.18. The van der Waals surface area contributed by atoms with E-state index in [0.717, 1.165) is 17.9 Å². The van der Waals surface area contributed by atoms with Crippen LogP contribution in [0.15, 0.2) is 28.8 Å². The highest BCUT2D eigenvalue weighted by Gasteiger charge is 2.31. The van der Waals surface area contributed by atoms with Gasteiger partial charge < -0.3 is 14.6 Å². The van der Waals surface area contributed by atoms with Gasteiger partial charge in [-0.15, -0.1) is 0 Å². The molecular weight excluding hydrogens is 320 g/mol. The Balaban J connectivity index is 1.68. The van der Waals surface area contributed by atoms with Crippen LogP contribution in [0.4, 0.5) is 0 Å². The number of nitrogens with zero attached hydrogens (tertiary/aromatic N) is 3. The SMILES string of the molecule is Cc1noc(CC2C(=O)NCCN2Cc2ccc(OC(C)C)cc2)n1. The molecule has 2 heterocycles. The maximum absolute atomic E-state index is 12.3. The molecule has 1 aliphatic rings. The van der Waals surface area contributed by atoms with Crippen LogP contribution in [-0.4, -0.2) is 46.2 Å². The predicted octanol–water partition coefficient (Wildman–Crippen LogP) is 1.71. The Hall–Kier alpha value is -2.41. The molecule has 1 aromatic heterocycles. The van der Waals surface area contributed by atoms with Crippen LogP contribution in [0.5, 0.6) is 5.75 Å². The molecule has 1 fully saturated rings. The number of amides is 1. The molecule has 0 aliphatic carbocycles. The number of nitrogens with one attached hydrogen (secondary N) is 1. The molecule has 0 radical (unpaired) electrons. The number of hydrogen-bond donors (Lipinski definition) is 1. The second-order valence-electron chi connectivity index (χ2n) is 6.53. The number of aromatic nitrogens is 2. The normalized spacial score (nSPS) is 18.4. The van der Waals surface area contributed by atoms with Crippen molar-refractivity contribution in [2.45, 2.75) is 45.9 Å². The van der Waals surface area contributed by atoms with Gasteiger partial charge in [-0.05, 0) is 38.5 Å². The lowest BCUT2D eigenvalue weighted by molar-refractivity contribution is -0.129. The fourth-order valence-corrected chi connectivity index (χ4v) is 2.94. The maximum atomic E-state index is 12.3. The summed E-state index contributed by atoms with van der Waals surface area (Å²) < 4.78 is 10.9. The van der Waals surface area contributed by atoms with Crippen molar-refractivity contribution in [2.75, 3.05) is 13.1 Å². The van der Waals surface area contributed by atoms with Crippen molar-refractivity contribution < 1.29 is 14.1 Å². The molecule has 1 unspecified atom stereocenters. The van der Waals surface area contributed by atoms with Gasteiger partial charge in [0.05, 0.1) is 18.6 Å². The number of carbonyl (C=O) groups is 1. The molecule has 0 spiro atoms. The molecule has 0 bridgehead atoms. The molecule has 1 atom stereocenters. The van der Waals surface area contributed by atoms with Gasteiger partial charge in [-0.3, -0.25) is 9.69 Å². The summed E-state index contributed by atoms with van der Waals surface area (Å²) in [5, 5.41) is 6.71. The van der Waals surface area contributed by atoms with E-state index in [-0.39, 0.29) is 18.1 Å². The minimum atomic E-state index is -0.305. The van der Waals surface area contributed by atoms with Gasteiger partial charge >= 0.3 is 0 Å². The molecule has 25 heavy (non-hydrogen) atoms. The van der Waals surface area contributed by atoms with Gasteiger partial charge in [0, 0.05) is 19.6 Å². The van der Waals surface area contributed by atoms with E-state index < -0.39 is 0 Å². The van der Waals surface area contributed by atoms with Crippen LogP contribution in [-0.2, 0) is 17.8 Å². The number of hydrogen-bond acceptors (Lipinski definition) is 6. The zero-order valence-corrected chi connectivity index (χ0v) is 14.9. The molecule has 1 saturated heterocycles.